The number of nitrogens with one attached hydrogen (secondary N) is 1. The van der Waals surface area contributed by atoms with Crippen molar-refractivity contribution in [1.82, 2.24) is 15.0 Å². The van der Waals surface area contributed by atoms with Gasteiger partial charge in [-0.05, 0) is 26.0 Å². The minimum Gasteiger partial charge on any atom is -0.458 e. The molecule has 0 atom stereocenters. The van der Waals surface area contributed by atoms with Gasteiger partial charge in [0.2, 0.25) is 0 Å². The summed E-state index contributed by atoms with van der Waals surface area (Å²) in [4.78, 5) is 24.7. The van der Waals surface area contributed by atoms with Crippen molar-refractivity contribution in [2.45, 2.75) is 26.6 Å². The fourth-order valence-corrected chi connectivity index (χ4v) is 3.92. The summed E-state index contributed by atoms with van der Waals surface area (Å²) in [5.74, 6) is -0.465. The SMILES string of the molecule is COCc1c(C(=O)OC(C)C)ncc2[nH]c3ccc4sc(N)nc4c3c12. The highest BCUT2D eigenvalue weighted by atomic mass is 32.1. The summed E-state index contributed by atoms with van der Waals surface area (Å²) < 4.78 is 11.7. The number of rotatable bonds is 4. The zero-order valence-corrected chi connectivity index (χ0v) is 15.4. The van der Waals surface area contributed by atoms with Gasteiger partial charge in [-0.25, -0.2) is 14.8 Å². The Bertz CT molecular complexity index is 1150. The van der Waals surface area contributed by atoms with Crippen molar-refractivity contribution in [2.24, 2.45) is 0 Å². The minimum atomic E-state index is -0.465. The third kappa shape index (κ3) is 2.58. The molecule has 0 aliphatic rings. The smallest absolute Gasteiger partial charge is 0.357 e. The van der Waals surface area contributed by atoms with Gasteiger partial charge in [0.05, 0.1) is 34.6 Å². The van der Waals surface area contributed by atoms with Crippen LogP contribution >= 0.6 is 11.3 Å². The fourth-order valence-electron chi connectivity index (χ4n) is 3.18. The standard InChI is InChI=1S/C18H18N4O3S/c1-8(2)25-17(23)15-9(7-24-3)13-11(6-20-15)21-10-4-5-12-16(14(10)13)22-18(19)26-12/h4-6,8,21H,7H2,1-3H3,(H2,19,22). The summed E-state index contributed by atoms with van der Waals surface area (Å²) in [5, 5.41) is 2.28. The van der Waals surface area contributed by atoms with Crippen molar-refractivity contribution in [2.75, 3.05) is 12.8 Å². The van der Waals surface area contributed by atoms with Crippen LogP contribution in [-0.2, 0) is 16.1 Å². The van der Waals surface area contributed by atoms with Crippen LogP contribution in [0.25, 0.3) is 32.0 Å². The van der Waals surface area contributed by atoms with Crippen LogP contribution in [0.1, 0.15) is 29.9 Å². The number of pyridine rings is 1. The van der Waals surface area contributed by atoms with E-state index in [4.69, 9.17) is 15.2 Å². The molecule has 1 aromatic carbocycles. The zero-order valence-electron chi connectivity index (χ0n) is 14.6. The Morgan fingerprint density at radius 1 is 1.31 bits per heavy atom. The fraction of sp³-hybridized carbons (Fsp3) is 0.278. The van der Waals surface area contributed by atoms with Crippen molar-refractivity contribution >= 4 is 54.5 Å². The molecule has 0 amide bonds. The summed E-state index contributed by atoms with van der Waals surface area (Å²) >= 11 is 1.43. The molecule has 26 heavy (non-hydrogen) atoms. The predicted molar refractivity (Wildman–Crippen MR) is 102 cm³/mol. The van der Waals surface area contributed by atoms with Gasteiger partial charge >= 0.3 is 5.97 Å². The van der Waals surface area contributed by atoms with Crippen LogP contribution in [0.2, 0.25) is 0 Å². The Morgan fingerprint density at radius 2 is 2.12 bits per heavy atom. The molecule has 0 saturated heterocycles. The molecule has 0 saturated carbocycles. The van der Waals surface area contributed by atoms with Crippen LogP contribution in [0.5, 0.6) is 0 Å². The maximum atomic E-state index is 12.5. The highest BCUT2D eigenvalue weighted by Crippen LogP contribution is 2.37. The number of H-pyrrole nitrogens is 1. The molecule has 0 bridgehead atoms. The maximum absolute atomic E-state index is 12.5. The van der Waals surface area contributed by atoms with Gasteiger partial charge in [0.1, 0.15) is 0 Å². The normalized spacial score (nSPS) is 11.8. The van der Waals surface area contributed by atoms with E-state index in [9.17, 15) is 4.79 Å². The van der Waals surface area contributed by atoms with Gasteiger partial charge in [-0.15, -0.1) is 0 Å². The van der Waals surface area contributed by atoms with Crippen molar-refractivity contribution in [3.63, 3.8) is 0 Å². The molecule has 4 aromatic rings. The Hall–Kier alpha value is -2.71. The first kappa shape index (κ1) is 16.7. The van der Waals surface area contributed by atoms with Gasteiger partial charge in [0.25, 0.3) is 0 Å². The molecule has 134 valence electrons. The molecule has 3 aromatic heterocycles. The lowest BCUT2D eigenvalue weighted by atomic mass is 10.0. The number of carbonyl (C=O) groups excluding carboxylic acids is 1. The van der Waals surface area contributed by atoms with Gasteiger partial charge in [0.15, 0.2) is 10.8 Å². The van der Waals surface area contributed by atoms with Gasteiger partial charge in [-0.3, -0.25) is 0 Å². The molecule has 0 aliphatic heterocycles. The summed E-state index contributed by atoms with van der Waals surface area (Å²) in [6.07, 6.45) is 1.41. The number of aromatic nitrogens is 3. The lowest BCUT2D eigenvalue weighted by Crippen LogP contribution is -2.15. The number of ether oxygens (including phenoxy) is 2. The van der Waals surface area contributed by atoms with Crippen LogP contribution < -0.4 is 5.73 Å². The van der Waals surface area contributed by atoms with E-state index < -0.39 is 5.97 Å². The summed E-state index contributed by atoms with van der Waals surface area (Å²) in [7, 11) is 1.58. The Labute approximate surface area is 153 Å². The third-order valence-electron chi connectivity index (χ3n) is 4.10. The summed E-state index contributed by atoms with van der Waals surface area (Å²) in [6, 6.07) is 3.97. The summed E-state index contributed by atoms with van der Waals surface area (Å²) in [6.45, 7) is 3.84. The van der Waals surface area contributed by atoms with Crippen molar-refractivity contribution in [1.29, 1.82) is 0 Å². The second kappa shape index (κ2) is 6.22. The van der Waals surface area contributed by atoms with E-state index in [1.54, 1.807) is 27.2 Å². The van der Waals surface area contributed by atoms with Crippen molar-refractivity contribution in [3.8, 4) is 0 Å². The predicted octanol–water partition coefficient (Wildman–Crippen LogP) is 3.62. The van der Waals surface area contributed by atoms with E-state index >= 15 is 0 Å². The number of benzene rings is 1. The molecule has 0 fully saturated rings. The number of anilines is 1. The molecule has 0 unspecified atom stereocenters. The number of aromatic amines is 1. The number of esters is 1. The average Bonchev–Trinajstić information content (AvgIpc) is 3.13. The first-order chi connectivity index (χ1) is 12.5. The quantitative estimate of drug-likeness (QED) is 0.532. The van der Waals surface area contributed by atoms with Crippen LogP contribution in [0.15, 0.2) is 18.3 Å². The molecule has 0 spiro atoms. The number of thiazole rings is 1. The van der Waals surface area contributed by atoms with E-state index in [0.717, 1.165) is 32.0 Å². The molecule has 7 nitrogen and oxygen atoms in total. The largest absolute Gasteiger partial charge is 0.458 e. The molecule has 8 heteroatoms. The number of methoxy groups -OCH3 is 1. The Morgan fingerprint density at radius 3 is 2.85 bits per heavy atom. The van der Waals surface area contributed by atoms with E-state index in [1.807, 2.05) is 12.1 Å². The number of hydrogen-bond acceptors (Lipinski definition) is 7. The second-order valence-electron chi connectivity index (χ2n) is 6.27. The number of carbonyl (C=O) groups is 1. The Balaban J connectivity index is 2.09. The minimum absolute atomic E-state index is 0.232. The van der Waals surface area contributed by atoms with Crippen molar-refractivity contribution in [3.05, 3.63) is 29.6 Å². The zero-order chi connectivity index (χ0) is 18.4. The highest BCUT2D eigenvalue weighted by molar-refractivity contribution is 7.22. The number of fused-ring (bicyclic) bond motifs is 5. The molecular weight excluding hydrogens is 352 g/mol. The summed E-state index contributed by atoms with van der Waals surface area (Å²) in [5.41, 5.74) is 9.38. The first-order valence-electron chi connectivity index (χ1n) is 8.17. The van der Waals surface area contributed by atoms with E-state index in [1.165, 1.54) is 11.3 Å². The van der Waals surface area contributed by atoms with E-state index in [0.29, 0.717) is 10.7 Å². The van der Waals surface area contributed by atoms with Gasteiger partial charge in [-0.1, -0.05) is 11.3 Å². The van der Waals surface area contributed by atoms with Gasteiger partial charge in [-0.2, -0.15) is 0 Å². The molecular formula is C18H18N4O3S. The van der Waals surface area contributed by atoms with Crippen molar-refractivity contribution < 1.29 is 14.3 Å². The van der Waals surface area contributed by atoms with Crippen LogP contribution in [0, 0.1) is 0 Å². The number of nitrogen functional groups attached to an aromatic ring is 1. The molecule has 3 N–H and O–H groups in total. The van der Waals surface area contributed by atoms with Crippen LogP contribution in [0.3, 0.4) is 0 Å². The van der Waals surface area contributed by atoms with E-state index in [-0.39, 0.29) is 18.4 Å². The topological polar surface area (TPSA) is 103 Å². The third-order valence-corrected chi connectivity index (χ3v) is 4.95. The number of hydrogen-bond donors (Lipinski definition) is 2. The molecule has 4 rings (SSSR count). The molecule has 3 heterocycles. The number of nitrogens with two attached hydrogens (primary N) is 1. The Kier molecular flexibility index (Phi) is 4.01. The van der Waals surface area contributed by atoms with Gasteiger partial charge < -0.3 is 20.2 Å². The maximum Gasteiger partial charge on any atom is 0.357 e. The lowest BCUT2D eigenvalue weighted by Gasteiger charge is -2.12. The second-order valence-corrected chi connectivity index (χ2v) is 7.34. The number of nitrogens with zero attached hydrogens (tertiary/aromatic N) is 2. The lowest BCUT2D eigenvalue weighted by molar-refractivity contribution is 0.0366. The highest BCUT2D eigenvalue weighted by Gasteiger charge is 2.22. The monoisotopic (exact) mass is 370 g/mol. The molecule has 0 aliphatic carbocycles. The average molecular weight is 370 g/mol. The van der Waals surface area contributed by atoms with Gasteiger partial charge in [0, 0.05) is 29.0 Å². The van der Waals surface area contributed by atoms with Crippen LogP contribution in [0.4, 0.5) is 5.13 Å². The van der Waals surface area contributed by atoms with E-state index in [2.05, 4.69) is 15.0 Å². The van der Waals surface area contributed by atoms with Crippen LogP contribution in [-0.4, -0.2) is 34.1 Å². The first-order valence-corrected chi connectivity index (χ1v) is 8.99. The molecule has 0 radical (unpaired) electrons.